The van der Waals surface area contributed by atoms with Gasteiger partial charge in [-0.3, -0.25) is 4.79 Å². The summed E-state index contributed by atoms with van der Waals surface area (Å²) < 4.78 is 13.1. The maximum atomic E-state index is 12.3. The van der Waals surface area contributed by atoms with E-state index in [0.29, 0.717) is 18.8 Å². The van der Waals surface area contributed by atoms with E-state index >= 15 is 0 Å². The van der Waals surface area contributed by atoms with E-state index < -0.39 is 6.29 Å². The predicted molar refractivity (Wildman–Crippen MR) is 113 cm³/mol. The molecule has 0 radical (unpaired) electrons. The molecule has 0 aliphatic carbocycles. The highest BCUT2D eigenvalue weighted by Gasteiger charge is 2.29. The lowest BCUT2D eigenvalue weighted by Crippen LogP contribution is -2.31. The Morgan fingerprint density at radius 3 is 2.72 bits per heavy atom. The fourth-order valence-corrected chi connectivity index (χ4v) is 4.50. The van der Waals surface area contributed by atoms with Crippen LogP contribution in [0.1, 0.15) is 29.0 Å². The second-order valence-corrected chi connectivity index (χ2v) is 7.88. The number of rotatable bonds is 6. The molecule has 0 spiro atoms. The van der Waals surface area contributed by atoms with Crippen molar-refractivity contribution in [2.45, 2.75) is 31.8 Å². The molecule has 0 fully saturated rings. The average Bonchev–Trinajstić information content (AvgIpc) is 3.21. The molecule has 2 N–H and O–H groups in total. The minimum atomic E-state index is -0.520. The third-order valence-electron chi connectivity index (χ3n) is 5.06. The van der Waals surface area contributed by atoms with Crippen molar-refractivity contribution in [2.75, 3.05) is 7.05 Å². The summed E-state index contributed by atoms with van der Waals surface area (Å²) in [7, 11) is 1.59. The molecule has 6 heteroatoms. The zero-order chi connectivity index (χ0) is 20.2. The SMILES string of the molecule is CNC(=O)C1=C[C@H](c2csc3ccccc23)C[C@H](OCc2ccc(CO)cc2)O1. The van der Waals surface area contributed by atoms with Gasteiger partial charge >= 0.3 is 0 Å². The van der Waals surface area contributed by atoms with E-state index in [1.165, 1.54) is 15.6 Å². The van der Waals surface area contributed by atoms with Crippen LogP contribution in [0, 0.1) is 0 Å². The molecule has 150 valence electrons. The highest BCUT2D eigenvalue weighted by atomic mass is 32.1. The zero-order valence-corrected chi connectivity index (χ0v) is 16.9. The molecule has 3 aromatic rings. The van der Waals surface area contributed by atoms with Crippen molar-refractivity contribution < 1.29 is 19.4 Å². The number of carbonyl (C=O) groups excluding carboxylic acids is 1. The van der Waals surface area contributed by atoms with Gasteiger partial charge in [-0.25, -0.2) is 0 Å². The highest BCUT2D eigenvalue weighted by molar-refractivity contribution is 7.17. The lowest BCUT2D eigenvalue weighted by atomic mass is 9.92. The molecule has 5 nitrogen and oxygen atoms in total. The van der Waals surface area contributed by atoms with Gasteiger partial charge in [0.15, 0.2) is 5.76 Å². The number of likely N-dealkylation sites (N-methyl/N-ethyl adjacent to an activating group) is 1. The first kappa shape index (κ1) is 19.6. The van der Waals surface area contributed by atoms with Crippen molar-refractivity contribution in [3.63, 3.8) is 0 Å². The number of allylic oxidation sites excluding steroid dienone is 1. The van der Waals surface area contributed by atoms with Crippen LogP contribution in [-0.4, -0.2) is 24.4 Å². The number of carbonyl (C=O) groups is 1. The molecule has 2 aromatic carbocycles. The molecule has 0 saturated carbocycles. The fraction of sp³-hybridized carbons (Fsp3) is 0.261. The summed E-state index contributed by atoms with van der Waals surface area (Å²) >= 11 is 1.71. The maximum Gasteiger partial charge on any atom is 0.285 e. The molecule has 0 bridgehead atoms. The average molecular weight is 410 g/mol. The fourth-order valence-electron chi connectivity index (χ4n) is 3.47. The summed E-state index contributed by atoms with van der Waals surface area (Å²) in [5.41, 5.74) is 3.03. The first-order valence-corrected chi connectivity index (χ1v) is 10.4. The molecular weight excluding hydrogens is 386 g/mol. The Bertz CT molecular complexity index is 1020. The van der Waals surface area contributed by atoms with Gasteiger partial charge in [0, 0.05) is 24.1 Å². The number of nitrogens with one attached hydrogen (secondary N) is 1. The van der Waals surface area contributed by atoms with Crippen molar-refractivity contribution in [1.82, 2.24) is 5.32 Å². The van der Waals surface area contributed by atoms with Gasteiger partial charge in [-0.15, -0.1) is 11.3 Å². The Hall–Kier alpha value is -2.67. The third kappa shape index (κ3) is 4.34. The van der Waals surface area contributed by atoms with Gasteiger partial charge in [0.25, 0.3) is 5.91 Å². The van der Waals surface area contributed by atoms with E-state index in [-0.39, 0.29) is 18.4 Å². The summed E-state index contributed by atoms with van der Waals surface area (Å²) in [6.45, 7) is 0.387. The molecule has 29 heavy (non-hydrogen) atoms. The Morgan fingerprint density at radius 2 is 1.97 bits per heavy atom. The van der Waals surface area contributed by atoms with Crippen molar-refractivity contribution >= 4 is 27.3 Å². The minimum Gasteiger partial charge on any atom is -0.459 e. The number of amides is 1. The lowest BCUT2D eigenvalue weighted by Gasteiger charge is -2.29. The number of hydrogen-bond acceptors (Lipinski definition) is 5. The van der Waals surface area contributed by atoms with E-state index in [4.69, 9.17) is 14.6 Å². The van der Waals surface area contributed by atoms with Crippen LogP contribution in [0.3, 0.4) is 0 Å². The summed E-state index contributed by atoms with van der Waals surface area (Å²) in [6.07, 6.45) is 2.01. The van der Waals surface area contributed by atoms with Crippen LogP contribution >= 0.6 is 11.3 Å². The number of aliphatic hydroxyl groups excluding tert-OH is 1. The molecule has 1 aliphatic rings. The van der Waals surface area contributed by atoms with Crippen molar-refractivity contribution in [1.29, 1.82) is 0 Å². The molecule has 2 heterocycles. The monoisotopic (exact) mass is 409 g/mol. The van der Waals surface area contributed by atoms with Crippen LogP contribution in [-0.2, 0) is 27.5 Å². The molecular formula is C23H23NO4S. The van der Waals surface area contributed by atoms with E-state index in [2.05, 4.69) is 22.8 Å². The summed E-state index contributed by atoms with van der Waals surface area (Å²) in [5, 5.41) is 15.2. The van der Waals surface area contributed by atoms with Gasteiger partial charge in [-0.05, 0) is 39.6 Å². The van der Waals surface area contributed by atoms with E-state index in [1.807, 2.05) is 42.5 Å². The van der Waals surface area contributed by atoms with Gasteiger partial charge < -0.3 is 19.9 Å². The van der Waals surface area contributed by atoms with Gasteiger partial charge in [0.05, 0.1) is 13.2 Å². The first-order valence-electron chi connectivity index (χ1n) is 9.55. The highest BCUT2D eigenvalue weighted by Crippen LogP contribution is 2.38. The topological polar surface area (TPSA) is 67.8 Å². The van der Waals surface area contributed by atoms with E-state index in [1.54, 1.807) is 18.4 Å². The number of thiophene rings is 1. The molecule has 0 saturated heterocycles. The van der Waals surface area contributed by atoms with Crippen LogP contribution in [0.15, 0.2) is 65.7 Å². The van der Waals surface area contributed by atoms with Crippen LogP contribution in [0.5, 0.6) is 0 Å². The molecule has 1 amide bonds. The van der Waals surface area contributed by atoms with Gasteiger partial charge in [0.1, 0.15) is 0 Å². The van der Waals surface area contributed by atoms with Crippen molar-refractivity contribution in [3.8, 4) is 0 Å². The molecule has 4 rings (SSSR count). The maximum absolute atomic E-state index is 12.3. The zero-order valence-electron chi connectivity index (χ0n) is 16.1. The Labute approximate surface area is 173 Å². The number of ether oxygens (including phenoxy) is 2. The second kappa shape index (κ2) is 8.78. The Kier molecular flexibility index (Phi) is 5.94. The van der Waals surface area contributed by atoms with Gasteiger partial charge in [-0.2, -0.15) is 0 Å². The number of fused-ring (bicyclic) bond motifs is 1. The first-order chi connectivity index (χ1) is 14.2. The standard InChI is InChI=1S/C23H23NO4S/c1-24-23(26)20-10-17(19-14-29-21-5-3-2-4-18(19)21)11-22(28-20)27-13-16-8-6-15(12-25)7-9-16/h2-10,14,17,22,25H,11-13H2,1H3,(H,24,26)/t17-,22+/m0/s1. The van der Waals surface area contributed by atoms with E-state index in [9.17, 15) is 4.79 Å². The van der Waals surface area contributed by atoms with E-state index in [0.717, 1.165) is 11.1 Å². The molecule has 1 aliphatic heterocycles. The smallest absolute Gasteiger partial charge is 0.285 e. The molecule has 1 aromatic heterocycles. The number of benzene rings is 2. The normalized spacial score (nSPS) is 18.9. The third-order valence-corrected chi connectivity index (χ3v) is 6.04. The number of aliphatic hydroxyl groups is 1. The van der Waals surface area contributed by atoms with Crippen LogP contribution in [0.25, 0.3) is 10.1 Å². The summed E-state index contributed by atoms with van der Waals surface area (Å²) in [6, 6.07) is 15.9. The largest absolute Gasteiger partial charge is 0.459 e. The van der Waals surface area contributed by atoms with Gasteiger partial charge in [0.2, 0.25) is 6.29 Å². The number of hydrogen-bond donors (Lipinski definition) is 2. The van der Waals surface area contributed by atoms with Crippen LogP contribution < -0.4 is 5.32 Å². The van der Waals surface area contributed by atoms with Crippen molar-refractivity contribution in [2.24, 2.45) is 0 Å². The summed E-state index contributed by atoms with van der Waals surface area (Å²) in [5.74, 6) is 0.0729. The lowest BCUT2D eigenvalue weighted by molar-refractivity contribution is -0.150. The Balaban J connectivity index is 1.54. The quantitative estimate of drug-likeness (QED) is 0.644. The van der Waals surface area contributed by atoms with Crippen molar-refractivity contribution in [3.05, 3.63) is 82.4 Å². The van der Waals surface area contributed by atoms with Gasteiger partial charge in [-0.1, -0.05) is 42.5 Å². The predicted octanol–water partition coefficient (Wildman–Crippen LogP) is 4.07. The molecule has 2 atom stereocenters. The Morgan fingerprint density at radius 1 is 1.21 bits per heavy atom. The second-order valence-electron chi connectivity index (χ2n) is 6.97. The van der Waals surface area contributed by atoms with Crippen LogP contribution in [0.4, 0.5) is 0 Å². The minimum absolute atomic E-state index is 0.0173. The molecule has 0 unspecified atom stereocenters. The van der Waals surface area contributed by atoms with Crippen LogP contribution in [0.2, 0.25) is 0 Å². The summed E-state index contributed by atoms with van der Waals surface area (Å²) in [4.78, 5) is 12.3.